The van der Waals surface area contributed by atoms with Gasteiger partial charge in [0.2, 0.25) is 11.5 Å². The number of phenolic OH excluding ortho intramolecular Hbond substituents is 1. The number of aromatic hydroxyl groups is 1. The first kappa shape index (κ1) is 20.7. The smallest absolute Gasteiger partial charge is 0.387 e. The molecule has 0 spiro atoms. The molecule has 2 rings (SSSR count). The minimum absolute atomic E-state index is 0.118. The van der Waals surface area contributed by atoms with E-state index in [-0.39, 0.29) is 15.9 Å². The summed E-state index contributed by atoms with van der Waals surface area (Å²) in [6, 6.07) is 8.08. The Labute approximate surface area is 155 Å². The van der Waals surface area contributed by atoms with Crippen LogP contribution in [0.25, 0.3) is 0 Å². The average Bonchev–Trinajstić information content (AvgIpc) is 2.51. The van der Waals surface area contributed by atoms with Crippen molar-refractivity contribution in [1.29, 1.82) is 0 Å². The minimum Gasteiger partial charge on any atom is -0.501 e. The second-order valence-electron chi connectivity index (χ2n) is 4.09. The number of phenols is 1. The van der Waals surface area contributed by atoms with E-state index >= 15 is 0 Å². The maximum absolute atomic E-state index is 11.9. The summed E-state index contributed by atoms with van der Waals surface area (Å²) in [7, 11) is 0. The van der Waals surface area contributed by atoms with Gasteiger partial charge in [-0.1, -0.05) is 12.1 Å². The quantitative estimate of drug-likeness (QED) is 0.480. The Hall–Kier alpha value is -2.34. The molecule has 2 aromatic carbocycles. The van der Waals surface area contributed by atoms with Crippen molar-refractivity contribution in [3.05, 3.63) is 65.6 Å². The number of alkyl halides is 2. The number of rotatable bonds is 4. The highest BCUT2D eigenvalue weighted by atomic mass is 79.9. The fraction of sp³-hybridized carbons (Fsp3) is 0.0769. The van der Waals surface area contributed by atoms with Crippen LogP contribution >= 0.6 is 31.9 Å². The number of nitrogens with zero attached hydrogens (tertiary/aromatic N) is 2. The molecule has 1 N–H and O–H groups in total. The molecule has 25 heavy (non-hydrogen) atoms. The van der Waals surface area contributed by atoms with E-state index in [1.165, 1.54) is 30.3 Å². The molecule has 0 aliphatic carbocycles. The molecule has 0 aliphatic rings. The molecule has 0 bridgehead atoms. The monoisotopic (exact) mass is 484 g/mol. The molecule has 12 heteroatoms. The van der Waals surface area contributed by atoms with Gasteiger partial charge in [0.15, 0.2) is 0 Å². The Morgan fingerprint density at radius 1 is 0.960 bits per heavy atom. The molecule has 0 unspecified atom stereocenters. The van der Waals surface area contributed by atoms with Crippen LogP contribution in [0.1, 0.15) is 0 Å². The Bertz CT molecular complexity index is 791. The van der Waals surface area contributed by atoms with Gasteiger partial charge < -0.3 is 9.84 Å². The molecule has 0 fully saturated rings. The van der Waals surface area contributed by atoms with E-state index in [1.807, 2.05) is 0 Å². The largest absolute Gasteiger partial charge is 0.501 e. The second-order valence-corrected chi connectivity index (χ2v) is 5.80. The fourth-order valence-corrected chi connectivity index (χ4v) is 2.30. The lowest BCUT2D eigenvalue weighted by Crippen LogP contribution is -2.05. The Morgan fingerprint density at radius 3 is 1.88 bits per heavy atom. The van der Waals surface area contributed by atoms with Gasteiger partial charge in [-0.3, -0.25) is 20.2 Å². The van der Waals surface area contributed by atoms with Crippen molar-refractivity contribution in [3.63, 3.8) is 0 Å². The third-order valence-electron chi connectivity index (χ3n) is 2.51. The highest BCUT2D eigenvalue weighted by Crippen LogP contribution is 2.35. The Balaban J connectivity index is 0.000000257. The van der Waals surface area contributed by atoms with E-state index < -0.39 is 27.9 Å². The van der Waals surface area contributed by atoms with Gasteiger partial charge in [-0.15, -0.1) is 0 Å². The Morgan fingerprint density at radius 2 is 1.44 bits per heavy atom. The molecule has 8 nitrogen and oxygen atoms in total. The molecule has 0 atom stereocenters. The normalized spacial score (nSPS) is 9.96. The highest BCUT2D eigenvalue weighted by molar-refractivity contribution is 9.10. The number of nitro benzene ring substituents is 2. The standard InChI is InChI=1S/C7H4BrF2NO3.C6H4BrNO3/c8-4-2-1-3-5(11(12)13)6(4)14-7(9)10;7-4-2-1-3-5(6(4)9)8(10)11/h1-3,7H;1-3,9H. The maximum atomic E-state index is 11.9. The SMILES string of the molecule is O=[N+]([O-])c1cccc(Br)c1O.O=[N+]([O-])c1cccc(Br)c1OC(F)F. The lowest BCUT2D eigenvalue weighted by molar-refractivity contribution is -0.386. The molecule has 0 amide bonds. The molecular formula is C13H8Br2F2N2O6. The summed E-state index contributed by atoms with van der Waals surface area (Å²) in [5.74, 6) is -0.801. The average molecular weight is 486 g/mol. The molecule has 0 aliphatic heterocycles. The van der Waals surface area contributed by atoms with Gasteiger partial charge >= 0.3 is 18.0 Å². The zero-order valence-electron chi connectivity index (χ0n) is 11.9. The van der Waals surface area contributed by atoms with Crippen LogP contribution in [0.5, 0.6) is 11.5 Å². The fourth-order valence-electron chi connectivity index (χ4n) is 1.50. The molecule has 134 valence electrons. The van der Waals surface area contributed by atoms with Crippen LogP contribution in [-0.2, 0) is 0 Å². The molecule has 2 aromatic rings. The van der Waals surface area contributed by atoms with E-state index in [2.05, 4.69) is 36.6 Å². The molecule has 0 radical (unpaired) electrons. The van der Waals surface area contributed by atoms with Gasteiger partial charge in [0.05, 0.1) is 18.8 Å². The van der Waals surface area contributed by atoms with Crippen molar-refractivity contribution in [3.8, 4) is 11.5 Å². The molecule has 0 saturated carbocycles. The lowest BCUT2D eigenvalue weighted by Gasteiger charge is -2.06. The van der Waals surface area contributed by atoms with Crippen LogP contribution in [-0.4, -0.2) is 21.6 Å². The number of hydrogen-bond acceptors (Lipinski definition) is 6. The predicted molar refractivity (Wildman–Crippen MR) is 89.9 cm³/mol. The van der Waals surface area contributed by atoms with Gasteiger partial charge in [-0.05, 0) is 44.0 Å². The third kappa shape index (κ3) is 5.90. The van der Waals surface area contributed by atoms with Crippen molar-refractivity contribution >= 4 is 43.2 Å². The summed E-state index contributed by atoms with van der Waals surface area (Å²) in [4.78, 5) is 19.2. The van der Waals surface area contributed by atoms with Crippen LogP contribution in [0, 0.1) is 20.2 Å². The number of para-hydroxylation sites is 2. The van der Waals surface area contributed by atoms with Gasteiger partial charge in [-0.2, -0.15) is 8.78 Å². The van der Waals surface area contributed by atoms with Gasteiger partial charge in [0.25, 0.3) is 0 Å². The Kier molecular flexibility index (Phi) is 7.64. The van der Waals surface area contributed by atoms with Crippen LogP contribution in [0.3, 0.4) is 0 Å². The summed E-state index contributed by atoms with van der Waals surface area (Å²) in [6.07, 6.45) is 0. The minimum atomic E-state index is -3.09. The van der Waals surface area contributed by atoms with E-state index in [1.54, 1.807) is 0 Å². The molecule has 0 saturated heterocycles. The summed E-state index contributed by atoms with van der Waals surface area (Å²) >= 11 is 5.84. The van der Waals surface area contributed by atoms with Gasteiger partial charge in [0.1, 0.15) is 0 Å². The lowest BCUT2D eigenvalue weighted by atomic mass is 10.3. The van der Waals surface area contributed by atoms with E-state index in [4.69, 9.17) is 5.11 Å². The number of hydrogen-bond donors (Lipinski definition) is 1. The van der Waals surface area contributed by atoms with Crippen molar-refractivity contribution in [2.24, 2.45) is 0 Å². The van der Waals surface area contributed by atoms with Crippen molar-refractivity contribution in [2.75, 3.05) is 0 Å². The van der Waals surface area contributed by atoms with Gasteiger partial charge in [0, 0.05) is 12.1 Å². The van der Waals surface area contributed by atoms with E-state index in [0.29, 0.717) is 4.47 Å². The topological polar surface area (TPSA) is 116 Å². The summed E-state index contributed by atoms with van der Waals surface area (Å²) in [5.41, 5.74) is -0.793. The van der Waals surface area contributed by atoms with Crippen LogP contribution < -0.4 is 4.74 Å². The number of benzene rings is 2. The summed E-state index contributed by atoms with van der Waals surface area (Å²) in [5, 5.41) is 29.7. The first-order valence-electron chi connectivity index (χ1n) is 6.14. The van der Waals surface area contributed by atoms with Crippen LogP contribution in [0.15, 0.2) is 45.3 Å². The number of ether oxygens (including phenoxy) is 1. The predicted octanol–water partition coefficient (Wildman–Crippen LogP) is 5.02. The summed E-state index contributed by atoms with van der Waals surface area (Å²) in [6.45, 7) is -3.09. The maximum Gasteiger partial charge on any atom is 0.387 e. The number of halogens is 4. The second kappa shape index (κ2) is 9.22. The molecule has 0 aromatic heterocycles. The third-order valence-corrected chi connectivity index (χ3v) is 3.78. The molecular weight excluding hydrogens is 478 g/mol. The summed E-state index contributed by atoms with van der Waals surface area (Å²) < 4.78 is 28.2. The van der Waals surface area contributed by atoms with Crippen molar-refractivity contribution in [1.82, 2.24) is 0 Å². The van der Waals surface area contributed by atoms with E-state index in [0.717, 1.165) is 6.07 Å². The van der Waals surface area contributed by atoms with Crippen molar-refractivity contribution in [2.45, 2.75) is 6.61 Å². The van der Waals surface area contributed by atoms with E-state index in [9.17, 15) is 29.0 Å². The number of nitro groups is 2. The van der Waals surface area contributed by atoms with Gasteiger partial charge in [-0.25, -0.2) is 0 Å². The zero-order chi connectivity index (χ0) is 19.1. The van der Waals surface area contributed by atoms with Crippen LogP contribution in [0.2, 0.25) is 0 Å². The van der Waals surface area contributed by atoms with Crippen molar-refractivity contribution < 1.29 is 28.5 Å². The first-order valence-corrected chi connectivity index (χ1v) is 7.73. The molecule has 0 heterocycles. The zero-order valence-corrected chi connectivity index (χ0v) is 15.1. The first-order chi connectivity index (χ1) is 11.6. The van der Waals surface area contributed by atoms with Crippen LogP contribution in [0.4, 0.5) is 20.2 Å². The highest BCUT2D eigenvalue weighted by Gasteiger charge is 2.20.